The predicted molar refractivity (Wildman–Crippen MR) is 95.6 cm³/mol. The van der Waals surface area contributed by atoms with Gasteiger partial charge in [0.2, 0.25) is 5.89 Å². The Balaban J connectivity index is 1.72. The minimum absolute atomic E-state index is 0.00743. The maximum atomic E-state index is 12.4. The van der Waals surface area contributed by atoms with Crippen LogP contribution in [-0.2, 0) is 0 Å². The monoisotopic (exact) mass is 358 g/mol. The molecule has 1 atom stereocenters. The summed E-state index contributed by atoms with van der Waals surface area (Å²) in [6.07, 6.45) is 0. The number of nitrogens with zero attached hydrogens (tertiary/aromatic N) is 2. The number of aromatic nitrogens is 2. The van der Waals surface area contributed by atoms with Crippen LogP contribution in [0.4, 0.5) is 0 Å². The summed E-state index contributed by atoms with van der Waals surface area (Å²) in [4.78, 5) is 12.4. The van der Waals surface area contributed by atoms with Crippen LogP contribution in [0.3, 0.4) is 0 Å². The van der Waals surface area contributed by atoms with Crippen molar-refractivity contribution in [3.63, 3.8) is 0 Å². The highest BCUT2D eigenvalue weighted by Gasteiger charge is 2.20. The zero-order valence-electron chi connectivity index (χ0n) is 13.2. The van der Waals surface area contributed by atoms with Crippen molar-refractivity contribution in [3.8, 4) is 11.5 Å². The van der Waals surface area contributed by atoms with E-state index in [2.05, 4.69) is 10.2 Å². The van der Waals surface area contributed by atoms with E-state index < -0.39 is 0 Å². The van der Waals surface area contributed by atoms with Gasteiger partial charge in [-0.2, -0.15) is 0 Å². The van der Waals surface area contributed by atoms with Crippen molar-refractivity contribution in [2.45, 2.75) is 24.3 Å². The lowest BCUT2D eigenvalue weighted by Gasteiger charge is -2.07. The second kappa shape index (κ2) is 7.20. The number of carbonyl (C=O) groups is 1. The second-order valence-corrected chi connectivity index (χ2v) is 7.10. The highest BCUT2D eigenvalue weighted by Crippen LogP contribution is 2.28. The lowest BCUT2D eigenvalue weighted by atomic mass is 10.1. The lowest BCUT2D eigenvalue weighted by molar-refractivity contribution is 0.0993. The van der Waals surface area contributed by atoms with Gasteiger partial charge in [-0.1, -0.05) is 41.1 Å². The molecule has 0 fully saturated rings. The minimum atomic E-state index is -0.336. The Kier molecular flexibility index (Phi) is 5.02. The van der Waals surface area contributed by atoms with Gasteiger partial charge in [-0.05, 0) is 50.2 Å². The van der Waals surface area contributed by atoms with Gasteiger partial charge in [0.1, 0.15) is 0 Å². The number of Topliss-reactive ketones (excluding diaryl/α,β-unsaturated/α-hetero) is 1. The molecule has 122 valence electrons. The number of carbonyl (C=O) groups excluding carboxylic acids is 1. The number of thioether (sulfide) groups is 1. The van der Waals surface area contributed by atoms with Crippen LogP contribution in [0, 0.1) is 6.92 Å². The number of hydrogen-bond acceptors (Lipinski definition) is 5. The summed E-state index contributed by atoms with van der Waals surface area (Å²) >= 11 is 7.10. The topological polar surface area (TPSA) is 56.0 Å². The van der Waals surface area contributed by atoms with E-state index in [1.165, 1.54) is 11.8 Å². The Hall–Kier alpha value is -2.11. The Labute approximate surface area is 149 Å². The summed E-state index contributed by atoms with van der Waals surface area (Å²) in [5.41, 5.74) is 2.59. The summed E-state index contributed by atoms with van der Waals surface area (Å²) < 4.78 is 5.67. The van der Waals surface area contributed by atoms with E-state index in [-0.39, 0.29) is 11.0 Å². The number of rotatable bonds is 5. The van der Waals surface area contributed by atoms with E-state index in [9.17, 15) is 4.79 Å². The maximum Gasteiger partial charge on any atom is 0.277 e. The van der Waals surface area contributed by atoms with Crippen molar-refractivity contribution in [1.82, 2.24) is 10.2 Å². The molecule has 0 aliphatic carbocycles. The molecular weight excluding hydrogens is 344 g/mol. The Morgan fingerprint density at radius 2 is 1.92 bits per heavy atom. The SMILES string of the molecule is Cc1cccc(-c2nnc(S[C@@H](C)C(=O)c3ccc(Cl)cc3)o2)c1. The average molecular weight is 359 g/mol. The van der Waals surface area contributed by atoms with E-state index in [1.807, 2.05) is 38.1 Å². The van der Waals surface area contributed by atoms with Crippen molar-refractivity contribution in [2.75, 3.05) is 0 Å². The van der Waals surface area contributed by atoms with Gasteiger partial charge in [-0.25, -0.2) is 0 Å². The van der Waals surface area contributed by atoms with Crippen LogP contribution >= 0.6 is 23.4 Å². The summed E-state index contributed by atoms with van der Waals surface area (Å²) in [7, 11) is 0. The van der Waals surface area contributed by atoms with Crippen LogP contribution in [-0.4, -0.2) is 21.2 Å². The van der Waals surface area contributed by atoms with E-state index in [1.54, 1.807) is 24.3 Å². The van der Waals surface area contributed by atoms with Crippen LogP contribution in [0.5, 0.6) is 0 Å². The summed E-state index contributed by atoms with van der Waals surface area (Å²) in [6, 6.07) is 14.7. The van der Waals surface area contributed by atoms with E-state index in [0.717, 1.165) is 11.1 Å². The number of hydrogen-bond donors (Lipinski definition) is 0. The fraction of sp³-hybridized carbons (Fsp3) is 0.167. The van der Waals surface area contributed by atoms with E-state index in [0.29, 0.717) is 21.7 Å². The molecule has 0 radical (unpaired) electrons. The Morgan fingerprint density at radius 1 is 1.17 bits per heavy atom. The number of ketones is 1. The zero-order chi connectivity index (χ0) is 17.1. The number of halogens is 1. The first-order valence-corrected chi connectivity index (χ1v) is 8.65. The van der Waals surface area contributed by atoms with Crippen molar-refractivity contribution in [1.29, 1.82) is 0 Å². The molecule has 4 nitrogen and oxygen atoms in total. The quantitative estimate of drug-likeness (QED) is 0.471. The molecule has 2 aromatic carbocycles. The standard InChI is InChI=1S/C18H15ClN2O2S/c1-11-4-3-5-14(10-11)17-20-21-18(23-17)24-12(2)16(22)13-6-8-15(19)9-7-13/h3-10,12H,1-2H3/t12-/m0/s1. The predicted octanol–water partition coefficient (Wildman–Crippen LogP) is 5.06. The van der Waals surface area contributed by atoms with Gasteiger partial charge in [-0.15, -0.1) is 10.2 Å². The van der Waals surface area contributed by atoms with Crippen LogP contribution in [0.15, 0.2) is 58.2 Å². The van der Waals surface area contributed by atoms with Gasteiger partial charge in [0.25, 0.3) is 5.22 Å². The third-order valence-corrected chi connectivity index (χ3v) is 4.63. The Bertz CT molecular complexity index is 861. The van der Waals surface area contributed by atoms with Crippen LogP contribution in [0.2, 0.25) is 5.02 Å². The summed E-state index contributed by atoms with van der Waals surface area (Å²) in [5.74, 6) is 0.444. The largest absolute Gasteiger partial charge is 0.411 e. The molecule has 0 amide bonds. The van der Waals surface area contributed by atoms with E-state index >= 15 is 0 Å². The molecule has 6 heteroatoms. The van der Waals surface area contributed by atoms with Crippen molar-refractivity contribution < 1.29 is 9.21 Å². The minimum Gasteiger partial charge on any atom is -0.411 e. The number of aryl methyl sites for hydroxylation is 1. The fourth-order valence-electron chi connectivity index (χ4n) is 2.21. The Morgan fingerprint density at radius 3 is 2.62 bits per heavy atom. The molecule has 0 unspecified atom stereocenters. The van der Waals surface area contributed by atoms with Gasteiger partial charge in [-0.3, -0.25) is 4.79 Å². The normalized spacial score (nSPS) is 12.1. The van der Waals surface area contributed by atoms with Crippen LogP contribution in [0.25, 0.3) is 11.5 Å². The maximum absolute atomic E-state index is 12.4. The summed E-state index contributed by atoms with van der Waals surface area (Å²) in [5, 5.41) is 8.73. The molecule has 3 rings (SSSR count). The molecule has 1 heterocycles. The first-order valence-electron chi connectivity index (χ1n) is 7.40. The summed E-state index contributed by atoms with van der Waals surface area (Å²) in [6.45, 7) is 3.82. The molecule has 0 N–H and O–H groups in total. The first kappa shape index (κ1) is 16.7. The van der Waals surface area contributed by atoms with Crippen molar-refractivity contribution >= 4 is 29.1 Å². The zero-order valence-corrected chi connectivity index (χ0v) is 14.8. The molecule has 0 spiro atoms. The highest BCUT2D eigenvalue weighted by atomic mass is 35.5. The van der Waals surface area contributed by atoms with Gasteiger partial charge in [0.05, 0.1) is 5.25 Å². The number of benzene rings is 2. The lowest BCUT2D eigenvalue weighted by Crippen LogP contribution is -2.13. The van der Waals surface area contributed by atoms with Crippen molar-refractivity contribution in [3.05, 3.63) is 64.7 Å². The van der Waals surface area contributed by atoms with Crippen LogP contribution in [0.1, 0.15) is 22.8 Å². The van der Waals surface area contributed by atoms with Gasteiger partial charge in [0.15, 0.2) is 5.78 Å². The average Bonchev–Trinajstić information content (AvgIpc) is 3.03. The fourth-order valence-corrected chi connectivity index (χ4v) is 3.09. The van der Waals surface area contributed by atoms with Crippen molar-refractivity contribution in [2.24, 2.45) is 0 Å². The first-order chi connectivity index (χ1) is 11.5. The smallest absolute Gasteiger partial charge is 0.277 e. The van der Waals surface area contributed by atoms with Gasteiger partial charge in [0, 0.05) is 16.1 Å². The molecule has 0 saturated heterocycles. The molecule has 24 heavy (non-hydrogen) atoms. The third kappa shape index (κ3) is 3.86. The molecule has 1 aromatic heterocycles. The van der Waals surface area contributed by atoms with Crippen LogP contribution < -0.4 is 0 Å². The molecule has 0 bridgehead atoms. The van der Waals surface area contributed by atoms with Gasteiger partial charge >= 0.3 is 0 Å². The molecule has 3 aromatic rings. The van der Waals surface area contributed by atoms with E-state index in [4.69, 9.17) is 16.0 Å². The molecular formula is C18H15ClN2O2S. The third-order valence-electron chi connectivity index (χ3n) is 3.45. The molecule has 0 saturated carbocycles. The highest BCUT2D eigenvalue weighted by molar-refractivity contribution is 8.00. The second-order valence-electron chi connectivity index (χ2n) is 5.37. The molecule has 0 aliphatic rings. The van der Waals surface area contributed by atoms with Gasteiger partial charge < -0.3 is 4.42 Å². The molecule has 0 aliphatic heterocycles.